The van der Waals surface area contributed by atoms with Gasteiger partial charge in [-0.2, -0.15) is 0 Å². The Hall–Kier alpha value is -1.68. The molecule has 0 heterocycles. The topological polar surface area (TPSA) is 55.4 Å². The van der Waals surface area contributed by atoms with E-state index in [9.17, 15) is 9.59 Å². The van der Waals surface area contributed by atoms with Crippen molar-refractivity contribution in [1.82, 2.24) is 5.32 Å². The summed E-state index contributed by atoms with van der Waals surface area (Å²) < 4.78 is 5.50. The summed E-state index contributed by atoms with van der Waals surface area (Å²) in [5.74, 6) is 0.730. The van der Waals surface area contributed by atoms with Crippen molar-refractivity contribution in [2.24, 2.45) is 5.92 Å². The lowest BCUT2D eigenvalue weighted by molar-refractivity contribution is -0.121. The summed E-state index contributed by atoms with van der Waals surface area (Å²) in [6.07, 6.45) is 3.92. The fourth-order valence-electron chi connectivity index (χ4n) is 2.14. The van der Waals surface area contributed by atoms with Crippen LogP contribution in [0.15, 0.2) is 24.3 Å². The molecule has 1 aromatic carbocycles. The van der Waals surface area contributed by atoms with Crippen molar-refractivity contribution < 1.29 is 14.3 Å². The Balaban J connectivity index is 1.52. The number of nitrogens with one attached hydrogen (secondary N) is 1. The number of rotatable bonds is 10. The summed E-state index contributed by atoms with van der Waals surface area (Å²) in [6, 6.07) is 7.45. The molecular weight excluding hydrogens is 278 g/mol. The van der Waals surface area contributed by atoms with Crippen LogP contribution in [0.1, 0.15) is 48.0 Å². The molecule has 1 fully saturated rings. The molecule has 0 spiro atoms. The van der Waals surface area contributed by atoms with Crippen molar-refractivity contribution in [3.8, 4) is 0 Å². The third-order valence-electron chi connectivity index (χ3n) is 3.79. The van der Waals surface area contributed by atoms with Crippen molar-refractivity contribution in [2.75, 3.05) is 19.8 Å². The lowest BCUT2D eigenvalue weighted by atomic mass is 10.1. The van der Waals surface area contributed by atoms with Crippen LogP contribution in [0.3, 0.4) is 0 Å². The molecule has 4 heteroatoms. The summed E-state index contributed by atoms with van der Waals surface area (Å²) in [4.78, 5) is 23.6. The van der Waals surface area contributed by atoms with Gasteiger partial charge in [-0.05, 0) is 32.1 Å². The van der Waals surface area contributed by atoms with Gasteiger partial charge in [0.05, 0.1) is 0 Å². The van der Waals surface area contributed by atoms with Gasteiger partial charge < -0.3 is 10.1 Å². The lowest BCUT2D eigenvalue weighted by Crippen LogP contribution is -2.25. The quantitative estimate of drug-likeness (QED) is 0.534. The van der Waals surface area contributed by atoms with Gasteiger partial charge in [-0.25, -0.2) is 0 Å². The molecule has 0 aliphatic heterocycles. The monoisotopic (exact) mass is 303 g/mol. The molecule has 1 aliphatic carbocycles. The van der Waals surface area contributed by atoms with E-state index >= 15 is 0 Å². The van der Waals surface area contributed by atoms with Crippen LogP contribution in [0.4, 0.5) is 0 Å². The molecule has 120 valence electrons. The van der Waals surface area contributed by atoms with Crippen molar-refractivity contribution in [1.29, 1.82) is 0 Å². The molecule has 0 saturated heterocycles. The van der Waals surface area contributed by atoms with Crippen molar-refractivity contribution in [3.63, 3.8) is 0 Å². The number of carbonyl (C=O) groups excluding carboxylic acids is 2. The Morgan fingerprint density at radius 2 is 1.91 bits per heavy atom. The number of benzene rings is 1. The van der Waals surface area contributed by atoms with Gasteiger partial charge in [-0.15, -0.1) is 0 Å². The van der Waals surface area contributed by atoms with Gasteiger partial charge in [0, 0.05) is 38.2 Å². The summed E-state index contributed by atoms with van der Waals surface area (Å²) >= 11 is 0. The normalized spacial score (nSPS) is 13.9. The van der Waals surface area contributed by atoms with Gasteiger partial charge in [0.2, 0.25) is 5.91 Å². The number of hydrogen-bond acceptors (Lipinski definition) is 3. The molecule has 1 N–H and O–H groups in total. The largest absolute Gasteiger partial charge is 0.381 e. The second-order valence-electron chi connectivity index (χ2n) is 6.01. The van der Waals surface area contributed by atoms with Crippen molar-refractivity contribution >= 4 is 11.7 Å². The third kappa shape index (κ3) is 6.39. The third-order valence-corrected chi connectivity index (χ3v) is 3.79. The molecule has 0 radical (unpaired) electrons. The van der Waals surface area contributed by atoms with E-state index in [1.165, 1.54) is 12.8 Å². The maximum absolute atomic E-state index is 11.9. The lowest BCUT2D eigenvalue weighted by Gasteiger charge is -2.06. The maximum Gasteiger partial charge on any atom is 0.220 e. The van der Waals surface area contributed by atoms with E-state index in [1.54, 1.807) is 0 Å². The van der Waals surface area contributed by atoms with Crippen LogP contribution in [0, 0.1) is 12.8 Å². The SMILES string of the molecule is Cc1ccc(C(=O)CCC(=O)NCCCOCC2CC2)cc1. The van der Waals surface area contributed by atoms with Gasteiger partial charge in [-0.3, -0.25) is 9.59 Å². The van der Waals surface area contributed by atoms with Gasteiger partial charge in [0.15, 0.2) is 5.78 Å². The smallest absolute Gasteiger partial charge is 0.220 e. The zero-order chi connectivity index (χ0) is 15.8. The van der Waals surface area contributed by atoms with E-state index in [0.29, 0.717) is 18.7 Å². The van der Waals surface area contributed by atoms with Crippen LogP contribution in [-0.4, -0.2) is 31.4 Å². The number of hydrogen-bond donors (Lipinski definition) is 1. The van der Waals surface area contributed by atoms with Gasteiger partial charge in [-0.1, -0.05) is 29.8 Å². The second kappa shape index (κ2) is 8.69. The molecule has 0 atom stereocenters. The number of amides is 1. The molecular formula is C18H25NO3. The molecule has 1 aliphatic rings. The Labute approximate surface area is 132 Å². The molecule has 1 aromatic rings. The first kappa shape index (κ1) is 16.7. The highest BCUT2D eigenvalue weighted by atomic mass is 16.5. The van der Waals surface area contributed by atoms with Crippen molar-refractivity contribution in [2.45, 2.75) is 39.0 Å². The van der Waals surface area contributed by atoms with Gasteiger partial charge >= 0.3 is 0 Å². The van der Waals surface area contributed by atoms with Gasteiger partial charge in [0.25, 0.3) is 0 Å². The van der Waals surface area contributed by atoms with Crippen LogP contribution >= 0.6 is 0 Å². The summed E-state index contributed by atoms with van der Waals surface area (Å²) in [7, 11) is 0. The Morgan fingerprint density at radius 3 is 2.59 bits per heavy atom. The number of ketones is 1. The minimum absolute atomic E-state index is 0.0166. The predicted molar refractivity (Wildman–Crippen MR) is 85.9 cm³/mol. The molecule has 1 saturated carbocycles. The minimum atomic E-state index is -0.0670. The first-order valence-corrected chi connectivity index (χ1v) is 8.09. The Morgan fingerprint density at radius 1 is 1.18 bits per heavy atom. The van der Waals surface area contributed by atoms with Crippen LogP contribution in [0.25, 0.3) is 0 Å². The summed E-state index contributed by atoms with van der Waals surface area (Å²) in [5, 5.41) is 2.83. The van der Waals surface area contributed by atoms with Gasteiger partial charge in [0.1, 0.15) is 0 Å². The number of aryl methyl sites for hydroxylation is 1. The van der Waals surface area contributed by atoms with E-state index in [-0.39, 0.29) is 24.5 Å². The molecule has 0 unspecified atom stereocenters. The summed E-state index contributed by atoms with van der Waals surface area (Å²) in [5.41, 5.74) is 1.80. The zero-order valence-corrected chi connectivity index (χ0v) is 13.3. The second-order valence-corrected chi connectivity index (χ2v) is 6.01. The molecule has 22 heavy (non-hydrogen) atoms. The van der Waals surface area contributed by atoms with Crippen LogP contribution in [0.2, 0.25) is 0 Å². The van der Waals surface area contributed by atoms with E-state index < -0.39 is 0 Å². The highest BCUT2D eigenvalue weighted by Gasteiger charge is 2.20. The fraction of sp³-hybridized carbons (Fsp3) is 0.556. The first-order valence-electron chi connectivity index (χ1n) is 8.09. The molecule has 4 nitrogen and oxygen atoms in total. The molecule has 0 aromatic heterocycles. The molecule has 1 amide bonds. The standard InChI is InChI=1S/C18H25NO3/c1-14-3-7-16(8-4-14)17(20)9-10-18(21)19-11-2-12-22-13-15-5-6-15/h3-4,7-8,15H,2,5-6,9-13H2,1H3,(H,19,21). The zero-order valence-electron chi connectivity index (χ0n) is 13.3. The maximum atomic E-state index is 11.9. The predicted octanol–water partition coefficient (Wildman–Crippen LogP) is 2.89. The van der Waals surface area contributed by atoms with E-state index in [2.05, 4.69) is 5.32 Å². The number of ether oxygens (including phenoxy) is 1. The minimum Gasteiger partial charge on any atom is -0.381 e. The van der Waals surface area contributed by atoms with Crippen LogP contribution < -0.4 is 5.32 Å². The molecule has 2 rings (SSSR count). The number of Topliss-reactive ketones (excluding diaryl/α,β-unsaturated/α-hetero) is 1. The highest BCUT2D eigenvalue weighted by Crippen LogP contribution is 2.28. The van der Waals surface area contributed by atoms with E-state index in [4.69, 9.17) is 4.74 Å². The average Bonchev–Trinajstić information content (AvgIpc) is 3.33. The first-order chi connectivity index (χ1) is 10.6. The molecule has 0 bridgehead atoms. The highest BCUT2D eigenvalue weighted by molar-refractivity contribution is 5.97. The van der Waals surface area contributed by atoms with Crippen molar-refractivity contribution in [3.05, 3.63) is 35.4 Å². The average molecular weight is 303 g/mol. The van der Waals surface area contributed by atoms with E-state index in [0.717, 1.165) is 24.5 Å². The Kier molecular flexibility index (Phi) is 6.59. The van der Waals surface area contributed by atoms with E-state index in [1.807, 2.05) is 31.2 Å². The van der Waals surface area contributed by atoms with Crippen LogP contribution in [-0.2, 0) is 9.53 Å². The summed E-state index contributed by atoms with van der Waals surface area (Å²) in [6.45, 7) is 4.15. The number of carbonyl (C=O) groups is 2. The van der Waals surface area contributed by atoms with Crippen LogP contribution in [0.5, 0.6) is 0 Å². The Bertz CT molecular complexity index is 492. The fourth-order valence-corrected chi connectivity index (χ4v) is 2.14.